The zero-order chi connectivity index (χ0) is 19.3. The number of hydrogen-bond donors (Lipinski definition) is 1. The summed E-state index contributed by atoms with van der Waals surface area (Å²) in [6, 6.07) is 16.5. The minimum absolute atomic E-state index is 0.256. The van der Waals surface area contributed by atoms with Gasteiger partial charge in [-0.3, -0.25) is 0 Å². The minimum Gasteiger partial charge on any atom is -0.494 e. The van der Waals surface area contributed by atoms with Crippen molar-refractivity contribution in [3.63, 3.8) is 0 Å². The number of anilines is 1. The molecule has 3 nitrogen and oxygen atoms in total. The molecule has 0 fully saturated rings. The van der Waals surface area contributed by atoms with Gasteiger partial charge in [0.1, 0.15) is 11.5 Å². The fourth-order valence-electron chi connectivity index (χ4n) is 2.77. The fourth-order valence-corrected chi connectivity index (χ4v) is 2.77. The lowest BCUT2D eigenvalue weighted by molar-refractivity contribution is 0.217. The standard InChI is InChI=1S/C24H35NO2/c1-4-6-7-8-9-18-26-23-16-12-22(13-17-23)25-19-21-10-14-24(15-11-21)27-20(3)5-2/h10-17,20,25H,4-9,18-19H2,1-3H3. The molecule has 1 unspecified atom stereocenters. The Bertz CT molecular complexity index is 622. The van der Waals surface area contributed by atoms with Crippen LogP contribution in [0.1, 0.15) is 64.9 Å². The first-order valence-electron chi connectivity index (χ1n) is 10.4. The van der Waals surface area contributed by atoms with Crippen LogP contribution >= 0.6 is 0 Å². The normalized spacial score (nSPS) is 11.8. The van der Waals surface area contributed by atoms with Gasteiger partial charge >= 0.3 is 0 Å². The molecule has 0 aliphatic heterocycles. The fraction of sp³-hybridized carbons (Fsp3) is 0.500. The average Bonchev–Trinajstić information content (AvgIpc) is 2.71. The van der Waals surface area contributed by atoms with Crippen molar-refractivity contribution >= 4 is 5.69 Å². The first-order chi connectivity index (χ1) is 13.2. The van der Waals surface area contributed by atoms with Crippen LogP contribution in [0.5, 0.6) is 11.5 Å². The highest BCUT2D eigenvalue weighted by molar-refractivity contribution is 5.47. The average molecular weight is 370 g/mol. The van der Waals surface area contributed by atoms with Crippen LogP contribution < -0.4 is 14.8 Å². The number of benzene rings is 2. The first kappa shape index (κ1) is 21.1. The van der Waals surface area contributed by atoms with Crippen molar-refractivity contribution in [3.8, 4) is 11.5 Å². The monoisotopic (exact) mass is 369 g/mol. The van der Waals surface area contributed by atoms with Gasteiger partial charge in [-0.1, -0.05) is 51.7 Å². The molecule has 148 valence electrons. The van der Waals surface area contributed by atoms with Gasteiger partial charge < -0.3 is 14.8 Å². The molecule has 0 amide bonds. The number of unbranched alkanes of at least 4 members (excludes halogenated alkanes) is 4. The second kappa shape index (κ2) is 12.3. The zero-order valence-corrected chi connectivity index (χ0v) is 17.2. The van der Waals surface area contributed by atoms with Crippen molar-refractivity contribution in [2.24, 2.45) is 0 Å². The van der Waals surface area contributed by atoms with E-state index in [0.717, 1.165) is 43.2 Å². The number of nitrogens with one attached hydrogen (secondary N) is 1. The van der Waals surface area contributed by atoms with E-state index in [0.29, 0.717) is 0 Å². The van der Waals surface area contributed by atoms with Gasteiger partial charge in [0.2, 0.25) is 0 Å². The van der Waals surface area contributed by atoms with E-state index in [1.165, 1.54) is 31.2 Å². The van der Waals surface area contributed by atoms with E-state index in [2.05, 4.69) is 50.4 Å². The maximum Gasteiger partial charge on any atom is 0.119 e. The van der Waals surface area contributed by atoms with Gasteiger partial charge in [0.15, 0.2) is 0 Å². The van der Waals surface area contributed by atoms with E-state index < -0.39 is 0 Å². The van der Waals surface area contributed by atoms with Crippen LogP contribution in [-0.4, -0.2) is 12.7 Å². The second-order valence-electron chi connectivity index (χ2n) is 7.12. The summed E-state index contributed by atoms with van der Waals surface area (Å²) in [5, 5.41) is 3.45. The smallest absolute Gasteiger partial charge is 0.119 e. The molecule has 0 saturated heterocycles. The minimum atomic E-state index is 0.256. The lowest BCUT2D eigenvalue weighted by atomic mass is 10.2. The highest BCUT2D eigenvalue weighted by atomic mass is 16.5. The van der Waals surface area contributed by atoms with E-state index in [9.17, 15) is 0 Å². The first-order valence-corrected chi connectivity index (χ1v) is 10.4. The van der Waals surface area contributed by atoms with Crippen LogP contribution in [0.3, 0.4) is 0 Å². The summed E-state index contributed by atoms with van der Waals surface area (Å²) in [5.41, 5.74) is 2.34. The summed E-state index contributed by atoms with van der Waals surface area (Å²) in [6.07, 6.45) is 7.59. The third-order valence-corrected chi connectivity index (χ3v) is 4.70. The highest BCUT2D eigenvalue weighted by Gasteiger charge is 2.01. The summed E-state index contributed by atoms with van der Waals surface area (Å²) >= 11 is 0. The molecule has 2 aromatic carbocycles. The molecule has 0 radical (unpaired) electrons. The molecular formula is C24H35NO2. The van der Waals surface area contributed by atoms with Crippen LogP contribution in [0.25, 0.3) is 0 Å². The molecule has 0 aliphatic rings. The SMILES string of the molecule is CCCCCCCOc1ccc(NCc2ccc(OC(C)CC)cc2)cc1. The van der Waals surface area contributed by atoms with Gasteiger partial charge in [0.25, 0.3) is 0 Å². The Kier molecular flexibility index (Phi) is 9.61. The van der Waals surface area contributed by atoms with Crippen LogP contribution in [-0.2, 0) is 6.54 Å². The van der Waals surface area contributed by atoms with Crippen molar-refractivity contribution in [2.45, 2.75) is 71.9 Å². The Labute approximate surface area is 165 Å². The van der Waals surface area contributed by atoms with Crippen molar-refractivity contribution in [1.82, 2.24) is 0 Å². The molecule has 0 heterocycles. The van der Waals surface area contributed by atoms with Gasteiger partial charge in [0, 0.05) is 12.2 Å². The molecule has 1 atom stereocenters. The van der Waals surface area contributed by atoms with E-state index >= 15 is 0 Å². The molecular weight excluding hydrogens is 334 g/mol. The van der Waals surface area contributed by atoms with E-state index in [1.807, 2.05) is 24.3 Å². The van der Waals surface area contributed by atoms with Gasteiger partial charge in [-0.15, -0.1) is 0 Å². The predicted molar refractivity (Wildman–Crippen MR) is 115 cm³/mol. The molecule has 0 spiro atoms. The predicted octanol–water partition coefficient (Wildman–Crippen LogP) is 6.83. The Balaban J connectivity index is 1.70. The van der Waals surface area contributed by atoms with Gasteiger partial charge in [-0.2, -0.15) is 0 Å². The summed E-state index contributed by atoms with van der Waals surface area (Å²) < 4.78 is 11.6. The Morgan fingerprint density at radius 1 is 0.815 bits per heavy atom. The number of hydrogen-bond acceptors (Lipinski definition) is 3. The van der Waals surface area contributed by atoms with Crippen molar-refractivity contribution in [2.75, 3.05) is 11.9 Å². The van der Waals surface area contributed by atoms with E-state index in [4.69, 9.17) is 9.47 Å². The molecule has 0 bridgehead atoms. The molecule has 3 heteroatoms. The highest BCUT2D eigenvalue weighted by Crippen LogP contribution is 2.19. The van der Waals surface area contributed by atoms with Crippen LogP contribution in [0.4, 0.5) is 5.69 Å². The molecule has 27 heavy (non-hydrogen) atoms. The lowest BCUT2D eigenvalue weighted by Gasteiger charge is -2.13. The van der Waals surface area contributed by atoms with Crippen LogP contribution in [0.15, 0.2) is 48.5 Å². The van der Waals surface area contributed by atoms with E-state index in [-0.39, 0.29) is 6.10 Å². The third-order valence-electron chi connectivity index (χ3n) is 4.70. The maximum atomic E-state index is 5.82. The van der Waals surface area contributed by atoms with Crippen molar-refractivity contribution in [3.05, 3.63) is 54.1 Å². The Morgan fingerprint density at radius 2 is 1.48 bits per heavy atom. The maximum absolute atomic E-state index is 5.82. The van der Waals surface area contributed by atoms with Gasteiger partial charge in [-0.25, -0.2) is 0 Å². The zero-order valence-electron chi connectivity index (χ0n) is 17.2. The van der Waals surface area contributed by atoms with Crippen molar-refractivity contribution in [1.29, 1.82) is 0 Å². The molecule has 2 rings (SSSR count). The molecule has 2 aromatic rings. The summed E-state index contributed by atoms with van der Waals surface area (Å²) in [6.45, 7) is 8.06. The third kappa shape index (κ3) is 8.38. The molecule has 0 aliphatic carbocycles. The number of rotatable bonds is 13. The Morgan fingerprint density at radius 3 is 2.15 bits per heavy atom. The molecule has 1 N–H and O–H groups in total. The summed E-state index contributed by atoms with van der Waals surface area (Å²) in [4.78, 5) is 0. The topological polar surface area (TPSA) is 30.5 Å². The number of ether oxygens (including phenoxy) is 2. The van der Waals surface area contributed by atoms with Gasteiger partial charge in [-0.05, 0) is 61.7 Å². The summed E-state index contributed by atoms with van der Waals surface area (Å²) in [7, 11) is 0. The summed E-state index contributed by atoms with van der Waals surface area (Å²) in [5.74, 6) is 1.88. The van der Waals surface area contributed by atoms with Crippen LogP contribution in [0, 0.1) is 0 Å². The van der Waals surface area contributed by atoms with Gasteiger partial charge in [0.05, 0.1) is 12.7 Å². The molecule has 0 saturated carbocycles. The van der Waals surface area contributed by atoms with Crippen molar-refractivity contribution < 1.29 is 9.47 Å². The Hall–Kier alpha value is -2.16. The van der Waals surface area contributed by atoms with E-state index in [1.54, 1.807) is 0 Å². The lowest BCUT2D eigenvalue weighted by Crippen LogP contribution is -2.09. The quantitative estimate of drug-likeness (QED) is 0.393. The molecule has 0 aromatic heterocycles. The largest absolute Gasteiger partial charge is 0.494 e. The second-order valence-corrected chi connectivity index (χ2v) is 7.12. The van der Waals surface area contributed by atoms with Crippen LogP contribution in [0.2, 0.25) is 0 Å².